The molecule has 1 heterocycles. The summed E-state index contributed by atoms with van der Waals surface area (Å²) in [5, 5.41) is 3.77. The van der Waals surface area contributed by atoms with Crippen LogP contribution in [0.3, 0.4) is 0 Å². The van der Waals surface area contributed by atoms with Gasteiger partial charge in [-0.1, -0.05) is 12.8 Å². The van der Waals surface area contributed by atoms with Gasteiger partial charge < -0.3 is 15.0 Å². The third-order valence-corrected chi connectivity index (χ3v) is 4.67. The first-order valence-corrected chi connectivity index (χ1v) is 8.04. The number of piperazine rings is 1. The zero-order chi connectivity index (χ0) is 15.7. The number of ether oxygens (including phenoxy) is 1. The molecule has 0 spiro atoms. The van der Waals surface area contributed by atoms with E-state index in [1.54, 1.807) is 12.1 Å². The van der Waals surface area contributed by atoms with E-state index in [2.05, 4.69) is 28.8 Å². The summed E-state index contributed by atoms with van der Waals surface area (Å²) in [6, 6.07) is 8.05. The van der Waals surface area contributed by atoms with Crippen molar-refractivity contribution in [2.75, 3.05) is 11.4 Å². The Morgan fingerprint density at radius 1 is 1.18 bits per heavy atom. The van der Waals surface area contributed by atoms with Gasteiger partial charge in [-0.25, -0.2) is 0 Å². The van der Waals surface area contributed by atoms with Gasteiger partial charge in [-0.05, 0) is 51.0 Å². The molecule has 0 radical (unpaired) electrons. The van der Waals surface area contributed by atoms with Gasteiger partial charge in [-0.2, -0.15) is 8.78 Å². The van der Waals surface area contributed by atoms with Gasteiger partial charge >= 0.3 is 6.61 Å². The molecule has 0 aromatic heterocycles. The number of fused-ring (bicyclic) bond motifs is 1. The van der Waals surface area contributed by atoms with Crippen LogP contribution < -0.4 is 15.0 Å². The predicted molar refractivity (Wildman–Crippen MR) is 83.7 cm³/mol. The third kappa shape index (κ3) is 3.35. The zero-order valence-corrected chi connectivity index (χ0v) is 13.2. The van der Waals surface area contributed by atoms with Crippen molar-refractivity contribution in [3.63, 3.8) is 0 Å². The van der Waals surface area contributed by atoms with Crippen LogP contribution in [0.4, 0.5) is 14.5 Å². The Hall–Kier alpha value is -1.36. The maximum atomic E-state index is 12.3. The van der Waals surface area contributed by atoms with Gasteiger partial charge in [0.2, 0.25) is 0 Å². The molecule has 3 rings (SSSR count). The summed E-state index contributed by atoms with van der Waals surface area (Å²) in [7, 11) is 0. The number of halogens is 2. The third-order valence-electron chi connectivity index (χ3n) is 4.67. The lowest BCUT2D eigenvalue weighted by molar-refractivity contribution is -0.0498. The SMILES string of the molecule is CC1(C)CN(c2ccc(OC(F)F)cc2)C2CCCCC2N1. The second kappa shape index (κ2) is 6.03. The van der Waals surface area contributed by atoms with Crippen LogP contribution in [0.25, 0.3) is 0 Å². The Labute approximate surface area is 130 Å². The molecule has 1 saturated carbocycles. The molecule has 2 fully saturated rings. The summed E-state index contributed by atoms with van der Waals surface area (Å²) < 4.78 is 29.0. The molecule has 0 amide bonds. The first kappa shape index (κ1) is 15.5. The van der Waals surface area contributed by atoms with Crippen molar-refractivity contribution in [3.8, 4) is 5.75 Å². The van der Waals surface area contributed by atoms with Crippen molar-refractivity contribution in [2.24, 2.45) is 0 Å². The van der Waals surface area contributed by atoms with Crippen molar-refractivity contribution in [1.82, 2.24) is 5.32 Å². The molecule has 3 nitrogen and oxygen atoms in total. The first-order valence-electron chi connectivity index (χ1n) is 8.04. The Balaban J connectivity index is 1.81. The van der Waals surface area contributed by atoms with Crippen LogP contribution in [0, 0.1) is 0 Å². The van der Waals surface area contributed by atoms with Crippen molar-refractivity contribution < 1.29 is 13.5 Å². The van der Waals surface area contributed by atoms with E-state index in [0.717, 1.165) is 12.2 Å². The molecule has 1 aromatic carbocycles. The first-order chi connectivity index (χ1) is 10.4. The maximum absolute atomic E-state index is 12.3. The highest BCUT2D eigenvalue weighted by Gasteiger charge is 2.40. The molecule has 2 unspecified atom stereocenters. The number of nitrogens with zero attached hydrogens (tertiary/aromatic N) is 1. The summed E-state index contributed by atoms with van der Waals surface area (Å²) in [6.45, 7) is 2.59. The van der Waals surface area contributed by atoms with E-state index >= 15 is 0 Å². The van der Waals surface area contributed by atoms with E-state index in [4.69, 9.17) is 0 Å². The molecule has 0 bridgehead atoms. The second-order valence-electron chi connectivity index (χ2n) is 6.99. The lowest BCUT2D eigenvalue weighted by atomic mass is 9.83. The summed E-state index contributed by atoms with van der Waals surface area (Å²) >= 11 is 0. The van der Waals surface area contributed by atoms with Crippen molar-refractivity contribution in [2.45, 2.75) is 63.8 Å². The Morgan fingerprint density at radius 2 is 1.86 bits per heavy atom. The number of rotatable bonds is 3. The fourth-order valence-electron chi connectivity index (χ4n) is 3.85. The number of nitrogens with one attached hydrogen (secondary N) is 1. The van der Waals surface area contributed by atoms with Crippen LogP contribution in [-0.4, -0.2) is 30.8 Å². The van der Waals surface area contributed by atoms with Crippen molar-refractivity contribution in [1.29, 1.82) is 0 Å². The summed E-state index contributed by atoms with van der Waals surface area (Å²) in [5.74, 6) is 0.216. The molecule has 1 aliphatic heterocycles. The van der Waals surface area contributed by atoms with Gasteiger partial charge in [-0.15, -0.1) is 0 Å². The van der Waals surface area contributed by atoms with E-state index in [1.807, 2.05) is 12.1 Å². The smallest absolute Gasteiger partial charge is 0.387 e. The molecule has 1 saturated heterocycles. The molecule has 2 atom stereocenters. The second-order valence-corrected chi connectivity index (χ2v) is 6.99. The minimum atomic E-state index is -2.77. The van der Waals surface area contributed by atoms with Crippen LogP contribution >= 0.6 is 0 Å². The van der Waals surface area contributed by atoms with Crippen LogP contribution in [0.5, 0.6) is 5.75 Å². The number of hydrogen-bond acceptors (Lipinski definition) is 3. The van der Waals surface area contributed by atoms with E-state index in [9.17, 15) is 8.78 Å². The normalized spacial score (nSPS) is 27.6. The van der Waals surface area contributed by atoms with Crippen LogP contribution in [0.2, 0.25) is 0 Å². The summed E-state index contributed by atoms with van der Waals surface area (Å²) in [5.41, 5.74) is 1.14. The lowest BCUT2D eigenvalue weighted by Gasteiger charge is -2.52. The quantitative estimate of drug-likeness (QED) is 0.919. The molecule has 2 aliphatic rings. The van der Waals surface area contributed by atoms with E-state index < -0.39 is 6.61 Å². The monoisotopic (exact) mass is 310 g/mol. The molecule has 22 heavy (non-hydrogen) atoms. The van der Waals surface area contributed by atoms with Gasteiger partial charge in [0.1, 0.15) is 5.75 Å². The average molecular weight is 310 g/mol. The fraction of sp³-hybridized carbons (Fsp3) is 0.647. The Bertz CT molecular complexity index is 504. The molecule has 122 valence electrons. The average Bonchev–Trinajstić information content (AvgIpc) is 2.45. The zero-order valence-electron chi connectivity index (χ0n) is 13.2. The lowest BCUT2D eigenvalue weighted by Crippen LogP contribution is -2.67. The van der Waals surface area contributed by atoms with Gasteiger partial charge in [0.05, 0.1) is 0 Å². The minimum Gasteiger partial charge on any atom is -0.435 e. The van der Waals surface area contributed by atoms with Crippen LogP contribution in [0.15, 0.2) is 24.3 Å². The van der Waals surface area contributed by atoms with Gasteiger partial charge in [0, 0.05) is 29.9 Å². The summed E-state index contributed by atoms with van der Waals surface area (Å²) in [4.78, 5) is 2.44. The minimum absolute atomic E-state index is 0.0522. The molecule has 1 N–H and O–H groups in total. The van der Waals surface area contributed by atoms with Gasteiger partial charge in [0.25, 0.3) is 0 Å². The van der Waals surface area contributed by atoms with Crippen molar-refractivity contribution in [3.05, 3.63) is 24.3 Å². The molecule has 1 aliphatic carbocycles. The topological polar surface area (TPSA) is 24.5 Å². The number of anilines is 1. The molecular formula is C17H24F2N2O. The van der Waals surface area contributed by atoms with Gasteiger partial charge in [-0.3, -0.25) is 0 Å². The van der Waals surface area contributed by atoms with E-state index in [1.165, 1.54) is 25.7 Å². The highest BCUT2D eigenvalue weighted by Crippen LogP contribution is 2.34. The maximum Gasteiger partial charge on any atom is 0.387 e. The summed E-state index contributed by atoms with van der Waals surface area (Å²) in [6.07, 6.45) is 4.92. The highest BCUT2D eigenvalue weighted by atomic mass is 19.3. The predicted octanol–water partition coefficient (Wildman–Crippen LogP) is 3.79. The van der Waals surface area contributed by atoms with Gasteiger partial charge in [0.15, 0.2) is 0 Å². The Kier molecular flexibility index (Phi) is 4.26. The van der Waals surface area contributed by atoms with Crippen molar-refractivity contribution >= 4 is 5.69 Å². The standard InChI is InChI=1S/C17H24F2N2O/c1-17(2)11-21(15-6-4-3-5-14(15)20-17)12-7-9-13(10-8-12)22-16(18)19/h7-10,14-16,20H,3-6,11H2,1-2H3. The Morgan fingerprint density at radius 3 is 2.55 bits per heavy atom. The van der Waals surface area contributed by atoms with Crippen LogP contribution in [-0.2, 0) is 0 Å². The number of alkyl halides is 2. The van der Waals surface area contributed by atoms with E-state index in [-0.39, 0.29) is 11.3 Å². The highest BCUT2D eigenvalue weighted by molar-refractivity contribution is 5.51. The number of hydrogen-bond donors (Lipinski definition) is 1. The fourth-order valence-corrected chi connectivity index (χ4v) is 3.85. The molecule has 1 aromatic rings. The largest absolute Gasteiger partial charge is 0.435 e. The number of benzene rings is 1. The molecule has 5 heteroatoms. The van der Waals surface area contributed by atoms with Crippen LogP contribution in [0.1, 0.15) is 39.5 Å². The molecular weight excluding hydrogens is 286 g/mol. The van der Waals surface area contributed by atoms with E-state index in [0.29, 0.717) is 12.1 Å².